The number of aromatic nitrogens is 3. The van der Waals surface area contributed by atoms with Crippen LogP contribution >= 0.6 is 23.4 Å². The van der Waals surface area contributed by atoms with Crippen molar-refractivity contribution in [1.82, 2.24) is 14.9 Å². The molecule has 3 aromatic rings. The third-order valence-electron chi connectivity index (χ3n) is 3.53. The van der Waals surface area contributed by atoms with Crippen molar-refractivity contribution in [2.45, 2.75) is 17.3 Å². The zero-order valence-electron chi connectivity index (χ0n) is 13.0. The number of rotatable bonds is 6. The van der Waals surface area contributed by atoms with Gasteiger partial charge in [0.05, 0.1) is 4.92 Å². The van der Waals surface area contributed by atoms with Gasteiger partial charge in [-0.3, -0.25) is 10.1 Å². The standard InChI is InChI=1S/C16H14ClN5O2S/c17-13-5-1-11(2-6-13)9-15-19-20-16(21(15)18)25-10-12-3-7-14(8-4-12)22(23)24/h1-8H,9-10,18H2. The highest BCUT2D eigenvalue weighted by Crippen LogP contribution is 2.23. The van der Waals surface area contributed by atoms with E-state index in [1.54, 1.807) is 12.1 Å². The van der Waals surface area contributed by atoms with Crippen molar-refractivity contribution in [1.29, 1.82) is 0 Å². The van der Waals surface area contributed by atoms with Crippen LogP contribution in [0.3, 0.4) is 0 Å². The molecular formula is C16H14ClN5O2S. The largest absolute Gasteiger partial charge is 0.336 e. The van der Waals surface area contributed by atoms with E-state index in [1.165, 1.54) is 28.6 Å². The zero-order chi connectivity index (χ0) is 17.8. The van der Waals surface area contributed by atoms with E-state index in [0.29, 0.717) is 28.2 Å². The van der Waals surface area contributed by atoms with Crippen LogP contribution in [-0.4, -0.2) is 19.8 Å². The minimum absolute atomic E-state index is 0.0704. The zero-order valence-corrected chi connectivity index (χ0v) is 14.6. The van der Waals surface area contributed by atoms with Crippen LogP contribution in [0.1, 0.15) is 17.0 Å². The summed E-state index contributed by atoms with van der Waals surface area (Å²) >= 11 is 7.30. The van der Waals surface area contributed by atoms with Gasteiger partial charge in [0, 0.05) is 29.3 Å². The number of non-ortho nitro benzene ring substituents is 1. The van der Waals surface area contributed by atoms with E-state index in [0.717, 1.165) is 11.1 Å². The molecule has 0 unspecified atom stereocenters. The molecule has 0 saturated heterocycles. The smallest absolute Gasteiger partial charge is 0.269 e. The highest BCUT2D eigenvalue weighted by Gasteiger charge is 2.11. The Labute approximate surface area is 152 Å². The van der Waals surface area contributed by atoms with E-state index in [9.17, 15) is 10.1 Å². The van der Waals surface area contributed by atoms with Crippen molar-refractivity contribution in [3.05, 3.63) is 80.6 Å². The summed E-state index contributed by atoms with van der Waals surface area (Å²) < 4.78 is 1.46. The lowest BCUT2D eigenvalue weighted by molar-refractivity contribution is -0.384. The average molecular weight is 376 g/mol. The summed E-state index contributed by atoms with van der Waals surface area (Å²) in [5.74, 6) is 7.30. The molecule has 1 aromatic heterocycles. The van der Waals surface area contributed by atoms with Crippen LogP contribution in [0.2, 0.25) is 5.02 Å². The Morgan fingerprint density at radius 1 is 1.08 bits per heavy atom. The molecule has 0 spiro atoms. The van der Waals surface area contributed by atoms with Crippen molar-refractivity contribution < 1.29 is 4.92 Å². The molecule has 7 nitrogen and oxygen atoms in total. The van der Waals surface area contributed by atoms with Gasteiger partial charge in [0.1, 0.15) is 0 Å². The first-order valence-electron chi connectivity index (χ1n) is 7.33. The molecule has 0 radical (unpaired) electrons. The monoisotopic (exact) mass is 375 g/mol. The lowest BCUT2D eigenvalue weighted by Gasteiger charge is -2.04. The van der Waals surface area contributed by atoms with Crippen LogP contribution in [-0.2, 0) is 12.2 Å². The second kappa shape index (κ2) is 7.54. The number of hydrogen-bond acceptors (Lipinski definition) is 6. The summed E-state index contributed by atoms with van der Waals surface area (Å²) in [4.78, 5) is 10.2. The van der Waals surface area contributed by atoms with E-state index in [1.807, 2.05) is 24.3 Å². The molecule has 25 heavy (non-hydrogen) atoms. The molecule has 3 rings (SSSR count). The van der Waals surface area contributed by atoms with Crippen LogP contribution < -0.4 is 5.84 Å². The number of nitrogens with zero attached hydrogens (tertiary/aromatic N) is 4. The van der Waals surface area contributed by atoms with E-state index < -0.39 is 4.92 Å². The van der Waals surface area contributed by atoms with Crippen LogP contribution in [0, 0.1) is 10.1 Å². The summed E-state index contributed by atoms with van der Waals surface area (Å²) in [6.07, 6.45) is 0.554. The van der Waals surface area contributed by atoms with Gasteiger partial charge in [0.25, 0.3) is 5.69 Å². The van der Waals surface area contributed by atoms with E-state index in [2.05, 4.69) is 10.2 Å². The summed E-state index contributed by atoms with van der Waals surface area (Å²) in [5.41, 5.74) is 2.05. The highest BCUT2D eigenvalue weighted by molar-refractivity contribution is 7.98. The molecule has 1 heterocycles. The molecule has 0 bridgehead atoms. The Kier molecular flexibility index (Phi) is 5.20. The third kappa shape index (κ3) is 4.28. The Morgan fingerprint density at radius 3 is 2.36 bits per heavy atom. The summed E-state index contributed by atoms with van der Waals surface area (Å²) in [7, 11) is 0. The number of nitro benzene ring substituents is 1. The molecule has 128 valence electrons. The lowest BCUT2D eigenvalue weighted by Crippen LogP contribution is -2.14. The third-order valence-corrected chi connectivity index (χ3v) is 4.79. The van der Waals surface area contributed by atoms with Crippen molar-refractivity contribution in [3.8, 4) is 0 Å². The minimum Gasteiger partial charge on any atom is -0.336 e. The fraction of sp³-hybridized carbons (Fsp3) is 0.125. The summed E-state index contributed by atoms with van der Waals surface area (Å²) in [6.45, 7) is 0. The molecule has 0 amide bonds. The molecule has 0 atom stereocenters. The first-order chi connectivity index (χ1) is 12.0. The Hall–Kier alpha value is -2.58. The van der Waals surface area contributed by atoms with Gasteiger partial charge in [-0.05, 0) is 23.3 Å². The van der Waals surface area contributed by atoms with Crippen molar-refractivity contribution >= 4 is 29.1 Å². The van der Waals surface area contributed by atoms with Crippen LogP contribution in [0.25, 0.3) is 0 Å². The SMILES string of the molecule is Nn1c(Cc2ccc(Cl)cc2)nnc1SCc1ccc([N+](=O)[O-])cc1. The van der Waals surface area contributed by atoms with Crippen molar-refractivity contribution in [2.75, 3.05) is 5.84 Å². The second-order valence-electron chi connectivity index (χ2n) is 5.28. The summed E-state index contributed by atoms with van der Waals surface area (Å²) in [6, 6.07) is 13.9. The second-order valence-corrected chi connectivity index (χ2v) is 6.66. The maximum Gasteiger partial charge on any atom is 0.269 e. The first kappa shape index (κ1) is 17.2. The average Bonchev–Trinajstić information content (AvgIpc) is 2.95. The number of benzene rings is 2. The maximum atomic E-state index is 10.7. The Balaban J connectivity index is 1.64. The van der Waals surface area contributed by atoms with Gasteiger partial charge in [0.15, 0.2) is 5.82 Å². The van der Waals surface area contributed by atoms with Crippen LogP contribution in [0.5, 0.6) is 0 Å². The fourth-order valence-electron chi connectivity index (χ4n) is 2.17. The molecule has 0 saturated carbocycles. The Bertz CT molecular complexity index is 881. The molecule has 0 aliphatic carbocycles. The number of nitrogens with two attached hydrogens (primary N) is 1. The molecule has 0 aliphatic heterocycles. The number of nitro groups is 1. The van der Waals surface area contributed by atoms with Crippen LogP contribution in [0.4, 0.5) is 5.69 Å². The molecule has 2 aromatic carbocycles. The number of nitrogen functional groups attached to an aromatic ring is 1. The lowest BCUT2D eigenvalue weighted by atomic mass is 10.1. The molecular weight excluding hydrogens is 362 g/mol. The van der Waals surface area contributed by atoms with Gasteiger partial charge >= 0.3 is 0 Å². The molecule has 0 aliphatic rings. The van der Waals surface area contributed by atoms with E-state index in [4.69, 9.17) is 17.4 Å². The van der Waals surface area contributed by atoms with Gasteiger partial charge in [-0.1, -0.05) is 47.6 Å². The minimum atomic E-state index is -0.420. The number of thioether (sulfide) groups is 1. The van der Waals surface area contributed by atoms with Gasteiger partial charge in [-0.2, -0.15) is 0 Å². The first-order valence-corrected chi connectivity index (χ1v) is 8.69. The quantitative estimate of drug-likeness (QED) is 0.306. The predicted octanol–water partition coefficient (Wildman–Crippen LogP) is 3.44. The van der Waals surface area contributed by atoms with Gasteiger partial charge in [-0.15, -0.1) is 10.2 Å². The maximum absolute atomic E-state index is 10.7. The molecule has 9 heteroatoms. The van der Waals surface area contributed by atoms with Crippen LogP contribution in [0.15, 0.2) is 53.7 Å². The highest BCUT2D eigenvalue weighted by atomic mass is 35.5. The van der Waals surface area contributed by atoms with Gasteiger partial charge in [0.2, 0.25) is 5.16 Å². The Morgan fingerprint density at radius 2 is 1.72 bits per heavy atom. The normalized spacial score (nSPS) is 10.8. The number of halogens is 1. The van der Waals surface area contributed by atoms with E-state index in [-0.39, 0.29) is 5.69 Å². The molecule has 2 N–H and O–H groups in total. The summed E-state index contributed by atoms with van der Waals surface area (Å²) in [5, 5.41) is 20.2. The van der Waals surface area contributed by atoms with Gasteiger partial charge in [-0.25, -0.2) is 4.68 Å². The van der Waals surface area contributed by atoms with Gasteiger partial charge < -0.3 is 5.84 Å². The topological polar surface area (TPSA) is 99.9 Å². The predicted molar refractivity (Wildman–Crippen MR) is 97.1 cm³/mol. The van der Waals surface area contributed by atoms with Crippen molar-refractivity contribution in [3.63, 3.8) is 0 Å². The number of hydrogen-bond donors (Lipinski definition) is 1. The van der Waals surface area contributed by atoms with E-state index >= 15 is 0 Å². The fourth-order valence-corrected chi connectivity index (χ4v) is 3.13. The molecule has 0 fully saturated rings. The van der Waals surface area contributed by atoms with Crippen molar-refractivity contribution in [2.24, 2.45) is 0 Å².